The Hall–Kier alpha value is -2.09. The van der Waals surface area contributed by atoms with Crippen LogP contribution in [0.4, 0.5) is 5.82 Å². The van der Waals surface area contributed by atoms with Gasteiger partial charge in [-0.25, -0.2) is 4.79 Å². The highest BCUT2D eigenvalue weighted by Gasteiger charge is 2.26. The Morgan fingerprint density at radius 2 is 2.08 bits per heavy atom. The van der Waals surface area contributed by atoms with E-state index in [0.717, 1.165) is 19.6 Å². The lowest BCUT2D eigenvalue weighted by Crippen LogP contribution is -2.52. The van der Waals surface area contributed by atoms with E-state index in [4.69, 9.17) is 16.1 Å². The molecule has 8 heteroatoms. The van der Waals surface area contributed by atoms with Gasteiger partial charge in [0, 0.05) is 42.8 Å². The average Bonchev–Trinajstić information content (AvgIpc) is 3.00. The largest absolute Gasteiger partial charge is 0.477 e. The van der Waals surface area contributed by atoms with Gasteiger partial charge in [-0.3, -0.25) is 4.90 Å². The molecule has 0 spiro atoms. The van der Waals surface area contributed by atoms with Gasteiger partial charge < -0.3 is 19.8 Å². The van der Waals surface area contributed by atoms with Crippen LogP contribution in [0.1, 0.15) is 10.4 Å². The number of anilines is 1. The van der Waals surface area contributed by atoms with Gasteiger partial charge in [-0.15, -0.1) is 0 Å². The van der Waals surface area contributed by atoms with E-state index in [0.29, 0.717) is 17.1 Å². The molecule has 0 saturated carbocycles. The van der Waals surface area contributed by atoms with Crippen molar-refractivity contribution in [2.24, 2.45) is 0 Å². The molecule has 1 aromatic carbocycles. The number of hydrogen-bond donors (Lipinski definition) is 2. The Labute approximate surface area is 151 Å². The molecule has 0 aliphatic carbocycles. The summed E-state index contributed by atoms with van der Waals surface area (Å²) < 4.78 is 5.31. The minimum atomic E-state index is -1.08. The Morgan fingerprint density at radius 3 is 2.76 bits per heavy atom. The van der Waals surface area contributed by atoms with Gasteiger partial charge in [-0.1, -0.05) is 16.8 Å². The third-order valence-electron chi connectivity index (χ3n) is 4.50. The standard InChI is InChI=1S/C17H21ClN4O3/c1-21-7-8-22(2)13(10-21)9-19-16-14(17(23)24)15(25-20-16)11-3-5-12(18)6-4-11/h3-6,13H,7-10H2,1-2H3,(H,19,20)(H,23,24). The number of likely N-dealkylation sites (N-methyl/N-ethyl adjacent to an activating group) is 2. The maximum Gasteiger partial charge on any atom is 0.343 e. The Bertz CT molecular complexity index is 747. The van der Waals surface area contributed by atoms with Crippen LogP contribution in [0.15, 0.2) is 28.8 Å². The first-order valence-corrected chi connectivity index (χ1v) is 8.45. The number of benzene rings is 1. The number of nitrogens with zero attached hydrogens (tertiary/aromatic N) is 3. The molecule has 2 heterocycles. The predicted octanol–water partition coefficient (Wildman–Crippen LogP) is 2.35. The Balaban J connectivity index is 1.80. The van der Waals surface area contributed by atoms with Crippen LogP contribution < -0.4 is 5.32 Å². The van der Waals surface area contributed by atoms with E-state index in [2.05, 4.69) is 34.4 Å². The van der Waals surface area contributed by atoms with Gasteiger partial charge in [0.05, 0.1) is 0 Å². The zero-order valence-corrected chi connectivity index (χ0v) is 15.0. The number of rotatable bonds is 5. The maximum absolute atomic E-state index is 11.7. The number of carboxylic acid groups (broad SMARTS) is 1. The predicted molar refractivity (Wildman–Crippen MR) is 96.3 cm³/mol. The SMILES string of the molecule is CN1CCN(C)C(CNc2noc(-c3ccc(Cl)cc3)c2C(=O)O)C1. The quantitative estimate of drug-likeness (QED) is 0.842. The second-order valence-electron chi connectivity index (χ2n) is 6.32. The fourth-order valence-electron chi connectivity index (χ4n) is 2.94. The summed E-state index contributed by atoms with van der Waals surface area (Å²) in [6.07, 6.45) is 0. The van der Waals surface area contributed by atoms with Crippen molar-refractivity contribution < 1.29 is 14.4 Å². The topological polar surface area (TPSA) is 81.8 Å². The number of carbonyl (C=O) groups is 1. The minimum absolute atomic E-state index is 0.0362. The summed E-state index contributed by atoms with van der Waals surface area (Å²) in [5.74, 6) is -0.609. The number of nitrogens with one attached hydrogen (secondary N) is 1. The van der Waals surface area contributed by atoms with Crippen molar-refractivity contribution in [2.45, 2.75) is 6.04 Å². The third kappa shape index (κ3) is 3.95. The molecule has 7 nitrogen and oxygen atoms in total. The summed E-state index contributed by atoms with van der Waals surface area (Å²) >= 11 is 5.88. The van der Waals surface area contributed by atoms with E-state index in [1.165, 1.54) is 0 Å². The highest BCUT2D eigenvalue weighted by molar-refractivity contribution is 6.30. The minimum Gasteiger partial charge on any atom is -0.477 e. The number of halogens is 1. The number of aromatic nitrogens is 1. The molecule has 0 bridgehead atoms. The molecule has 3 rings (SSSR count). The van der Waals surface area contributed by atoms with Crippen LogP contribution in [0.25, 0.3) is 11.3 Å². The maximum atomic E-state index is 11.7. The van der Waals surface area contributed by atoms with Gasteiger partial charge in [-0.2, -0.15) is 0 Å². The van der Waals surface area contributed by atoms with Crippen molar-refractivity contribution in [1.82, 2.24) is 15.0 Å². The second kappa shape index (κ2) is 7.43. The summed E-state index contributed by atoms with van der Waals surface area (Å²) in [6, 6.07) is 7.07. The highest BCUT2D eigenvalue weighted by atomic mass is 35.5. The fourth-order valence-corrected chi connectivity index (χ4v) is 3.07. The summed E-state index contributed by atoms with van der Waals surface area (Å²) in [7, 11) is 4.15. The summed E-state index contributed by atoms with van der Waals surface area (Å²) in [5.41, 5.74) is 0.658. The van der Waals surface area contributed by atoms with Gasteiger partial charge in [0.15, 0.2) is 17.1 Å². The first-order valence-electron chi connectivity index (χ1n) is 8.07. The van der Waals surface area contributed by atoms with E-state index in [-0.39, 0.29) is 23.2 Å². The summed E-state index contributed by atoms with van der Waals surface area (Å²) in [5, 5.41) is 17.2. The zero-order chi connectivity index (χ0) is 18.0. The highest BCUT2D eigenvalue weighted by Crippen LogP contribution is 2.30. The molecular weight excluding hydrogens is 344 g/mol. The number of piperazine rings is 1. The van der Waals surface area contributed by atoms with Gasteiger partial charge in [0.25, 0.3) is 0 Å². The molecule has 1 unspecified atom stereocenters. The first kappa shape index (κ1) is 17.7. The van der Waals surface area contributed by atoms with Crippen LogP contribution >= 0.6 is 11.6 Å². The lowest BCUT2D eigenvalue weighted by Gasteiger charge is -2.37. The van der Waals surface area contributed by atoms with E-state index < -0.39 is 5.97 Å². The van der Waals surface area contributed by atoms with E-state index in [9.17, 15) is 9.90 Å². The summed E-state index contributed by atoms with van der Waals surface area (Å²) in [6.45, 7) is 3.50. The molecule has 1 aliphatic rings. The molecule has 0 amide bonds. The first-order chi connectivity index (χ1) is 12.0. The van der Waals surface area contributed by atoms with Gasteiger partial charge in [-0.05, 0) is 38.4 Å². The Kier molecular flexibility index (Phi) is 5.27. The monoisotopic (exact) mass is 364 g/mol. The van der Waals surface area contributed by atoms with E-state index >= 15 is 0 Å². The lowest BCUT2D eigenvalue weighted by atomic mass is 10.1. The average molecular weight is 365 g/mol. The van der Waals surface area contributed by atoms with Crippen LogP contribution in [0.3, 0.4) is 0 Å². The molecule has 2 aromatic rings. The molecule has 1 atom stereocenters. The van der Waals surface area contributed by atoms with Crippen LogP contribution in [-0.2, 0) is 0 Å². The van der Waals surface area contributed by atoms with E-state index in [1.807, 2.05) is 0 Å². The lowest BCUT2D eigenvalue weighted by molar-refractivity contribution is 0.0698. The van der Waals surface area contributed by atoms with Crippen molar-refractivity contribution in [1.29, 1.82) is 0 Å². The second-order valence-corrected chi connectivity index (χ2v) is 6.76. The molecule has 25 heavy (non-hydrogen) atoms. The molecule has 2 N–H and O–H groups in total. The third-order valence-corrected chi connectivity index (χ3v) is 4.75. The molecule has 1 fully saturated rings. The van der Waals surface area contributed by atoms with Crippen molar-refractivity contribution in [3.8, 4) is 11.3 Å². The van der Waals surface area contributed by atoms with Crippen molar-refractivity contribution in [3.05, 3.63) is 34.9 Å². The van der Waals surface area contributed by atoms with Crippen molar-refractivity contribution >= 4 is 23.4 Å². The molecule has 0 radical (unpaired) electrons. The van der Waals surface area contributed by atoms with Crippen LogP contribution in [-0.4, -0.2) is 72.3 Å². The molecule has 134 valence electrons. The van der Waals surface area contributed by atoms with E-state index in [1.54, 1.807) is 24.3 Å². The molecular formula is C17H21ClN4O3. The normalized spacial score (nSPS) is 19.1. The van der Waals surface area contributed by atoms with Gasteiger partial charge >= 0.3 is 5.97 Å². The molecule has 1 aromatic heterocycles. The van der Waals surface area contributed by atoms with Crippen LogP contribution in [0.5, 0.6) is 0 Å². The molecule has 1 aliphatic heterocycles. The number of hydrogen-bond acceptors (Lipinski definition) is 6. The Morgan fingerprint density at radius 1 is 1.36 bits per heavy atom. The van der Waals surface area contributed by atoms with Crippen LogP contribution in [0, 0.1) is 0 Å². The number of aromatic carboxylic acids is 1. The van der Waals surface area contributed by atoms with Crippen molar-refractivity contribution in [2.75, 3.05) is 45.6 Å². The summed E-state index contributed by atoms with van der Waals surface area (Å²) in [4.78, 5) is 16.2. The van der Waals surface area contributed by atoms with Crippen LogP contribution in [0.2, 0.25) is 5.02 Å². The zero-order valence-electron chi connectivity index (χ0n) is 14.2. The smallest absolute Gasteiger partial charge is 0.343 e. The number of carboxylic acids is 1. The molecule has 1 saturated heterocycles. The van der Waals surface area contributed by atoms with Gasteiger partial charge in [0.2, 0.25) is 0 Å². The van der Waals surface area contributed by atoms with Crippen molar-refractivity contribution in [3.63, 3.8) is 0 Å². The fraction of sp³-hybridized carbons (Fsp3) is 0.412. The van der Waals surface area contributed by atoms with Gasteiger partial charge in [0.1, 0.15) is 0 Å².